The van der Waals surface area contributed by atoms with E-state index in [1.807, 2.05) is 0 Å². The number of rotatable bonds is 1. The van der Waals surface area contributed by atoms with Gasteiger partial charge in [0.25, 0.3) is 0 Å². The lowest BCUT2D eigenvalue weighted by Crippen LogP contribution is -2.31. The van der Waals surface area contributed by atoms with E-state index in [0.29, 0.717) is 0 Å². The topological polar surface area (TPSA) is 6.25 Å². The number of fused-ring (bicyclic) bond motifs is 2. The Morgan fingerprint density at radius 2 is 1.44 bits per heavy atom. The quantitative estimate of drug-likeness (QED) is 0.599. The predicted octanol–water partition coefficient (Wildman–Crippen LogP) is 5.62. The third-order valence-corrected chi connectivity index (χ3v) is 6.65. The molecule has 2 heterocycles. The third kappa shape index (κ3) is 2.42. The molecule has 0 aromatic heterocycles. The molecule has 2 aromatic carbocycles. The number of likely N-dealkylation sites (N-methyl/N-ethyl adjacent to an activating group) is 1. The molecule has 2 aliphatic heterocycles. The van der Waals surface area contributed by atoms with Crippen LogP contribution in [0.2, 0.25) is 0 Å². The van der Waals surface area contributed by atoms with Crippen LogP contribution in [0.1, 0.15) is 49.9 Å². The summed E-state index contributed by atoms with van der Waals surface area (Å²) < 4.78 is 2.37. The molecule has 0 atom stereocenters. The van der Waals surface area contributed by atoms with Gasteiger partial charge >= 0.3 is 0 Å². The summed E-state index contributed by atoms with van der Waals surface area (Å²) >= 11 is 0. The molecule has 27 heavy (non-hydrogen) atoms. The van der Waals surface area contributed by atoms with Crippen molar-refractivity contribution in [3.05, 3.63) is 70.4 Å². The molecule has 0 amide bonds. The highest BCUT2D eigenvalue weighted by Gasteiger charge is 2.46. The van der Waals surface area contributed by atoms with Crippen molar-refractivity contribution in [3.63, 3.8) is 0 Å². The molecule has 0 saturated heterocycles. The zero-order valence-corrected chi connectivity index (χ0v) is 17.9. The molecule has 2 heteroatoms. The molecule has 4 rings (SSSR count). The maximum atomic E-state index is 2.44. The summed E-state index contributed by atoms with van der Waals surface area (Å²) in [5.74, 6) is 0. The summed E-state index contributed by atoms with van der Waals surface area (Å²) in [6, 6.07) is 13.6. The van der Waals surface area contributed by atoms with Gasteiger partial charge in [0.1, 0.15) is 7.05 Å². The minimum Gasteiger partial charge on any atom is -0.347 e. The Morgan fingerprint density at radius 3 is 2.11 bits per heavy atom. The second kappa shape index (κ2) is 5.58. The Hall–Kier alpha value is -2.35. The number of anilines is 1. The van der Waals surface area contributed by atoms with Crippen molar-refractivity contribution >= 4 is 17.1 Å². The fourth-order valence-electron chi connectivity index (χ4n) is 4.94. The van der Waals surface area contributed by atoms with Crippen LogP contribution in [0.5, 0.6) is 0 Å². The van der Waals surface area contributed by atoms with Gasteiger partial charge in [-0.25, -0.2) is 0 Å². The summed E-state index contributed by atoms with van der Waals surface area (Å²) in [6.45, 7) is 13.8. The summed E-state index contributed by atoms with van der Waals surface area (Å²) in [5, 5.41) is 0. The fraction of sp³-hybridized carbons (Fsp3) is 0.400. The molecule has 0 aliphatic carbocycles. The summed E-state index contributed by atoms with van der Waals surface area (Å²) in [6.07, 6.45) is 2.44. The second-order valence-corrected chi connectivity index (χ2v) is 9.32. The highest BCUT2D eigenvalue weighted by Crippen LogP contribution is 2.48. The standard InChI is InChI=1S/C25H31N2/c1-16-9-11-20-18(13-16)24(3,4)22(26(20)7)15-23-25(5,6)19-14-17(2)10-12-21(19)27(23)8/h9-15H,1-8H3/q+1. The molecule has 0 N–H and O–H groups in total. The van der Waals surface area contributed by atoms with Gasteiger partial charge in [0.05, 0.1) is 5.41 Å². The minimum atomic E-state index is -0.00921. The summed E-state index contributed by atoms with van der Waals surface area (Å²) in [5.41, 5.74) is 10.8. The molecule has 2 nitrogen and oxygen atoms in total. The van der Waals surface area contributed by atoms with Crippen molar-refractivity contribution in [3.8, 4) is 0 Å². The fourth-order valence-corrected chi connectivity index (χ4v) is 4.94. The summed E-state index contributed by atoms with van der Waals surface area (Å²) in [4.78, 5) is 2.37. The number of aryl methyl sites for hydroxylation is 2. The molecule has 0 unspecified atom stereocenters. The van der Waals surface area contributed by atoms with Gasteiger partial charge in [-0.05, 0) is 45.4 Å². The van der Waals surface area contributed by atoms with Crippen LogP contribution in [0.15, 0.2) is 48.2 Å². The molecule has 0 bridgehead atoms. The van der Waals surface area contributed by atoms with Crippen LogP contribution in [0.3, 0.4) is 0 Å². The van der Waals surface area contributed by atoms with Crippen LogP contribution in [0.25, 0.3) is 0 Å². The molecule has 140 valence electrons. The van der Waals surface area contributed by atoms with Crippen LogP contribution in [-0.4, -0.2) is 24.4 Å². The van der Waals surface area contributed by atoms with Crippen molar-refractivity contribution in [2.45, 2.75) is 52.4 Å². The first-order valence-corrected chi connectivity index (χ1v) is 9.84. The number of hydrogen-bond acceptors (Lipinski definition) is 1. The first-order chi connectivity index (χ1) is 12.5. The van der Waals surface area contributed by atoms with Gasteiger partial charge in [-0.2, -0.15) is 4.58 Å². The van der Waals surface area contributed by atoms with Gasteiger partial charge in [0.15, 0.2) is 5.71 Å². The number of benzene rings is 2. The van der Waals surface area contributed by atoms with Crippen molar-refractivity contribution in [2.75, 3.05) is 19.0 Å². The molecular weight excluding hydrogens is 328 g/mol. The zero-order valence-electron chi connectivity index (χ0n) is 17.9. The molecule has 0 spiro atoms. The SMILES string of the molecule is Cc1ccc2c(c1)C(C)(C)C(=CC1=[N+](C)c3ccc(C)cc3C1(C)C)N2C. The van der Waals surface area contributed by atoms with E-state index in [-0.39, 0.29) is 10.8 Å². The van der Waals surface area contributed by atoms with E-state index in [4.69, 9.17) is 0 Å². The molecular formula is C25H31N2+. The molecule has 0 fully saturated rings. The predicted molar refractivity (Wildman–Crippen MR) is 116 cm³/mol. The van der Waals surface area contributed by atoms with E-state index in [1.165, 1.54) is 45.0 Å². The molecule has 0 saturated carbocycles. The van der Waals surface area contributed by atoms with Crippen molar-refractivity contribution in [1.82, 2.24) is 0 Å². The molecule has 2 aromatic rings. The molecule has 2 aliphatic rings. The van der Waals surface area contributed by atoms with Crippen LogP contribution in [-0.2, 0) is 10.8 Å². The van der Waals surface area contributed by atoms with Crippen LogP contribution >= 0.6 is 0 Å². The van der Waals surface area contributed by atoms with Gasteiger partial charge in [-0.1, -0.05) is 43.2 Å². The van der Waals surface area contributed by atoms with Gasteiger partial charge in [-0.3, -0.25) is 0 Å². The maximum absolute atomic E-state index is 2.44. The van der Waals surface area contributed by atoms with Gasteiger partial charge in [-0.15, -0.1) is 0 Å². The van der Waals surface area contributed by atoms with E-state index in [9.17, 15) is 0 Å². The first kappa shape index (κ1) is 18.0. The van der Waals surface area contributed by atoms with Gasteiger partial charge in [0, 0.05) is 41.6 Å². The van der Waals surface area contributed by atoms with Gasteiger partial charge < -0.3 is 4.90 Å². The van der Waals surface area contributed by atoms with E-state index >= 15 is 0 Å². The Labute approximate surface area is 163 Å². The highest BCUT2D eigenvalue weighted by molar-refractivity contribution is 6.04. The lowest BCUT2D eigenvalue weighted by atomic mass is 9.78. The Balaban J connectivity index is 1.89. The van der Waals surface area contributed by atoms with Crippen LogP contribution in [0.4, 0.5) is 11.4 Å². The van der Waals surface area contributed by atoms with E-state index in [2.05, 4.69) is 108 Å². The van der Waals surface area contributed by atoms with Gasteiger partial charge in [0.2, 0.25) is 5.69 Å². The van der Waals surface area contributed by atoms with Crippen molar-refractivity contribution in [1.29, 1.82) is 0 Å². The van der Waals surface area contributed by atoms with Crippen molar-refractivity contribution < 1.29 is 4.58 Å². The van der Waals surface area contributed by atoms with E-state index in [0.717, 1.165) is 0 Å². The zero-order chi connectivity index (χ0) is 19.7. The third-order valence-electron chi connectivity index (χ3n) is 6.65. The lowest BCUT2D eigenvalue weighted by Gasteiger charge is -2.25. The number of allylic oxidation sites excluding steroid dienone is 2. The Bertz CT molecular complexity index is 1020. The average molecular weight is 360 g/mol. The lowest BCUT2D eigenvalue weighted by molar-refractivity contribution is -0.401. The number of nitrogens with zero attached hydrogens (tertiary/aromatic N) is 2. The molecule has 0 radical (unpaired) electrons. The monoisotopic (exact) mass is 359 g/mol. The maximum Gasteiger partial charge on any atom is 0.209 e. The van der Waals surface area contributed by atoms with Crippen LogP contribution < -0.4 is 4.90 Å². The normalized spacial score (nSPS) is 21.0. The van der Waals surface area contributed by atoms with Crippen molar-refractivity contribution in [2.24, 2.45) is 0 Å². The van der Waals surface area contributed by atoms with Crippen LogP contribution in [0, 0.1) is 13.8 Å². The summed E-state index contributed by atoms with van der Waals surface area (Å²) in [7, 11) is 4.41. The average Bonchev–Trinajstić information content (AvgIpc) is 2.89. The minimum absolute atomic E-state index is 0.00921. The Kier molecular flexibility index (Phi) is 3.72. The van der Waals surface area contributed by atoms with E-state index < -0.39 is 0 Å². The largest absolute Gasteiger partial charge is 0.347 e. The first-order valence-electron chi connectivity index (χ1n) is 9.84. The van der Waals surface area contributed by atoms with E-state index in [1.54, 1.807) is 0 Å². The Morgan fingerprint density at radius 1 is 0.852 bits per heavy atom. The highest BCUT2D eigenvalue weighted by atomic mass is 15.2. The second-order valence-electron chi connectivity index (χ2n) is 9.32. The smallest absolute Gasteiger partial charge is 0.209 e. The number of hydrogen-bond donors (Lipinski definition) is 0.